The molecular formula is C11H10ClNO3. The summed E-state index contributed by atoms with van der Waals surface area (Å²) >= 11 is 5.84. The average molecular weight is 240 g/mol. The molecule has 2 rings (SSSR count). The molecule has 0 radical (unpaired) electrons. The van der Waals surface area contributed by atoms with Gasteiger partial charge >= 0.3 is 5.97 Å². The zero-order chi connectivity index (χ0) is 11.7. The summed E-state index contributed by atoms with van der Waals surface area (Å²) in [5.41, 5.74) is 2.50. The summed E-state index contributed by atoms with van der Waals surface area (Å²) in [5.74, 6) is -0.995. The molecule has 1 aliphatic heterocycles. The molecular weight excluding hydrogens is 230 g/mol. The smallest absolute Gasteiger partial charge is 0.348 e. The number of halogens is 1. The van der Waals surface area contributed by atoms with E-state index in [1.165, 1.54) is 0 Å². The molecule has 1 aromatic carbocycles. The van der Waals surface area contributed by atoms with E-state index >= 15 is 0 Å². The van der Waals surface area contributed by atoms with Crippen molar-refractivity contribution in [2.45, 2.75) is 19.4 Å². The van der Waals surface area contributed by atoms with Gasteiger partial charge in [0.1, 0.15) is 0 Å². The van der Waals surface area contributed by atoms with E-state index in [0.29, 0.717) is 10.7 Å². The van der Waals surface area contributed by atoms with Crippen LogP contribution < -0.4 is 0 Å². The second-order valence-electron chi connectivity index (χ2n) is 3.63. The van der Waals surface area contributed by atoms with E-state index in [0.717, 1.165) is 11.1 Å². The quantitative estimate of drug-likeness (QED) is 0.861. The largest absolute Gasteiger partial charge is 0.478 e. The van der Waals surface area contributed by atoms with Crippen LogP contribution in [0, 0.1) is 6.92 Å². The number of oxime groups is 1. The first-order valence-corrected chi connectivity index (χ1v) is 5.18. The average Bonchev–Trinajstić information content (AvgIpc) is 2.66. The number of rotatable bonds is 2. The molecule has 1 atom stereocenters. The van der Waals surface area contributed by atoms with Gasteiger partial charge in [0.2, 0.25) is 6.10 Å². The van der Waals surface area contributed by atoms with Gasteiger partial charge in [0.25, 0.3) is 0 Å². The summed E-state index contributed by atoms with van der Waals surface area (Å²) in [6.45, 7) is 1.90. The third-order valence-corrected chi connectivity index (χ3v) is 2.68. The van der Waals surface area contributed by atoms with E-state index in [1.807, 2.05) is 19.1 Å². The predicted octanol–water partition coefficient (Wildman–Crippen LogP) is 2.23. The highest BCUT2D eigenvalue weighted by atomic mass is 35.5. The standard InChI is InChI=1S/C11H10ClNO3/c1-6-4-7(12)2-3-8(6)9-5-10(11(14)15)16-13-9/h2-4,10H,5H2,1H3,(H,14,15). The first-order chi connectivity index (χ1) is 7.58. The lowest BCUT2D eigenvalue weighted by molar-refractivity contribution is -0.148. The third kappa shape index (κ3) is 2.02. The molecule has 84 valence electrons. The zero-order valence-electron chi connectivity index (χ0n) is 8.61. The maximum absolute atomic E-state index is 10.7. The summed E-state index contributed by atoms with van der Waals surface area (Å²) in [4.78, 5) is 15.5. The van der Waals surface area contributed by atoms with E-state index in [1.54, 1.807) is 6.07 Å². The Morgan fingerprint density at radius 1 is 1.62 bits per heavy atom. The number of carbonyl (C=O) groups is 1. The summed E-state index contributed by atoms with van der Waals surface area (Å²) in [7, 11) is 0. The number of carboxylic acids is 1. The Balaban J connectivity index is 2.24. The van der Waals surface area contributed by atoms with Crippen molar-refractivity contribution in [1.29, 1.82) is 0 Å². The molecule has 0 bridgehead atoms. The van der Waals surface area contributed by atoms with Crippen LogP contribution in [-0.2, 0) is 9.63 Å². The Kier molecular flexibility index (Phi) is 2.83. The third-order valence-electron chi connectivity index (χ3n) is 2.44. The predicted molar refractivity (Wildman–Crippen MR) is 59.9 cm³/mol. The van der Waals surface area contributed by atoms with Crippen LogP contribution in [0.4, 0.5) is 0 Å². The number of aliphatic carboxylic acids is 1. The monoisotopic (exact) mass is 239 g/mol. The van der Waals surface area contributed by atoms with Gasteiger partial charge in [-0.2, -0.15) is 0 Å². The minimum atomic E-state index is -0.995. The van der Waals surface area contributed by atoms with Crippen LogP contribution in [0.3, 0.4) is 0 Å². The maximum Gasteiger partial charge on any atom is 0.348 e. The maximum atomic E-state index is 10.7. The Hall–Kier alpha value is -1.55. The SMILES string of the molecule is Cc1cc(Cl)ccc1C1=NOC(C(=O)O)C1. The number of hydrogen-bond donors (Lipinski definition) is 1. The molecule has 0 amide bonds. The van der Waals surface area contributed by atoms with Crippen molar-refractivity contribution in [2.24, 2.45) is 5.16 Å². The van der Waals surface area contributed by atoms with Gasteiger partial charge in [-0.1, -0.05) is 22.8 Å². The highest BCUT2D eigenvalue weighted by Crippen LogP contribution is 2.22. The van der Waals surface area contributed by atoms with E-state index < -0.39 is 12.1 Å². The number of benzene rings is 1. The van der Waals surface area contributed by atoms with Crippen molar-refractivity contribution >= 4 is 23.3 Å². The second kappa shape index (κ2) is 4.14. The number of carboxylic acid groups (broad SMARTS) is 1. The van der Waals surface area contributed by atoms with Gasteiger partial charge in [-0.15, -0.1) is 0 Å². The first kappa shape index (κ1) is 11.0. The number of hydrogen-bond acceptors (Lipinski definition) is 3. The van der Waals surface area contributed by atoms with Crippen LogP contribution in [0.2, 0.25) is 5.02 Å². The van der Waals surface area contributed by atoms with Crippen molar-refractivity contribution in [3.8, 4) is 0 Å². The molecule has 0 fully saturated rings. The highest BCUT2D eigenvalue weighted by Gasteiger charge is 2.28. The molecule has 5 heteroatoms. The first-order valence-electron chi connectivity index (χ1n) is 4.80. The minimum absolute atomic E-state index is 0.289. The lowest BCUT2D eigenvalue weighted by Crippen LogP contribution is -2.20. The molecule has 0 saturated heterocycles. The molecule has 1 aromatic rings. The normalized spacial score (nSPS) is 19.1. The van der Waals surface area contributed by atoms with Crippen LogP contribution in [0.1, 0.15) is 17.5 Å². The van der Waals surface area contributed by atoms with Gasteiger partial charge in [-0.25, -0.2) is 4.79 Å². The fourth-order valence-electron chi connectivity index (χ4n) is 1.62. The van der Waals surface area contributed by atoms with Gasteiger partial charge in [-0.05, 0) is 24.6 Å². The van der Waals surface area contributed by atoms with E-state index in [-0.39, 0.29) is 6.42 Å². The molecule has 1 unspecified atom stereocenters. The van der Waals surface area contributed by atoms with Crippen LogP contribution >= 0.6 is 11.6 Å². The topological polar surface area (TPSA) is 58.9 Å². The number of aryl methyl sites for hydroxylation is 1. The Labute approximate surface area is 97.5 Å². The van der Waals surface area contributed by atoms with Crippen molar-refractivity contribution in [2.75, 3.05) is 0 Å². The number of nitrogens with zero attached hydrogens (tertiary/aromatic N) is 1. The zero-order valence-corrected chi connectivity index (χ0v) is 9.36. The highest BCUT2D eigenvalue weighted by molar-refractivity contribution is 6.30. The Morgan fingerprint density at radius 3 is 2.94 bits per heavy atom. The van der Waals surface area contributed by atoms with Gasteiger partial charge in [-0.3, -0.25) is 0 Å². The van der Waals surface area contributed by atoms with Gasteiger partial charge in [0.05, 0.1) is 5.71 Å². The van der Waals surface area contributed by atoms with Crippen molar-refractivity contribution in [3.05, 3.63) is 34.3 Å². The molecule has 0 spiro atoms. The second-order valence-corrected chi connectivity index (χ2v) is 4.07. The van der Waals surface area contributed by atoms with Gasteiger partial charge < -0.3 is 9.94 Å². The Morgan fingerprint density at radius 2 is 2.38 bits per heavy atom. The minimum Gasteiger partial charge on any atom is -0.478 e. The van der Waals surface area contributed by atoms with Crippen LogP contribution in [0.15, 0.2) is 23.4 Å². The lowest BCUT2D eigenvalue weighted by atomic mass is 10.0. The summed E-state index contributed by atoms with van der Waals surface area (Å²) in [6, 6.07) is 5.39. The summed E-state index contributed by atoms with van der Waals surface area (Å²) in [6.07, 6.45) is -0.581. The van der Waals surface area contributed by atoms with Gasteiger partial charge in [0, 0.05) is 17.0 Å². The van der Waals surface area contributed by atoms with Crippen LogP contribution in [0.25, 0.3) is 0 Å². The van der Waals surface area contributed by atoms with E-state index in [2.05, 4.69) is 5.16 Å². The molecule has 0 saturated carbocycles. The van der Waals surface area contributed by atoms with Crippen LogP contribution in [-0.4, -0.2) is 22.9 Å². The fraction of sp³-hybridized carbons (Fsp3) is 0.273. The molecule has 1 N–H and O–H groups in total. The van der Waals surface area contributed by atoms with Crippen molar-refractivity contribution in [3.63, 3.8) is 0 Å². The van der Waals surface area contributed by atoms with Crippen molar-refractivity contribution in [1.82, 2.24) is 0 Å². The fourth-order valence-corrected chi connectivity index (χ4v) is 1.85. The molecule has 0 aliphatic carbocycles. The van der Waals surface area contributed by atoms with E-state index in [4.69, 9.17) is 21.5 Å². The summed E-state index contributed by atoms with van der Waals surface area (Å²) < 4.78 is 0. The summed E-state index contributed by atoms with van der Waals surface area (Å²) in [5, 5.41) is 13.2. The molecule has 1 aliphatic rings. The molecule has 16 heavy (non-hydrogen) atoms. The lowest BCUT2D eigenvalue weighted by Gasteiger charge is -2.04. The van der Waals surface area contributed by atoms with Crippen molar-refractivity contribution < 1.29 is 14.7 Å². The molecule has 0 aromatic heterocycles. The van der Waals surface area contributed by atoms with Gasteiger partial charge in [0.15, 0.2) is 0 Å². The van der Waals surface area contributed by atoms with Crippen LogP contribution in [0.5, 0.6) is 0 Å². The van der Waals surface area contributed by atoms with E-state index in [9.17, 15) is 4.79 Å². The Bertz CT molecular complexity index is 470. The molecule has 4 nitrogen and oxygen atoms in total. The molecule has 1 heterocycles.